The lowest BCUT2D eigenvalue weighted by atomic mass is 9.93. The van der Waals surface area contributed by atoms with Crippen molar-refractivity contribution in [2.45, 2.75) is 51.0 Å². The Morgan fingerprint density at radius 1 is 1.09 bits per heavy atom. The minimum atomic E-state index is -0.940. The third kappa shape index (κ3) is 5.45. The number of ether oxygens (including phenoxy) is 2. The molecule has 0 radical (unpaired) electrons. The number of carboxylic acid groups (broad SMARTS) is 1. The van der Waals surface area contributed by atoms with Crippen molar-refractivity contribution in [3.8, 4) is 11.9 Å². The third-order valence-corrected chi connectivity index (χ3v) is 8.56. The molecule has 2 fully saturated rings. The maximum absolute atomic E-state index is 11.6. The van der Waals surface area contributed by atoms with Crippen LogP contribution in [0.25, 0.3) is 22.0 Å². The number of aromatic carboxylic acids is 1. The molecule has 1 N–H and O–H groups in total. The molecule has 5 aromatic rings. The van der Waals surface area contributed by atoms with E-state index in [1.54, 1.807) is 36.6 Å². The number of benzene rings is 2. The molecule has 5 heterocycles. The van der Waals surface area contributed by atoms with Crippen molar-refractivity contribution in [2.24, 2.45) is 0 Å². The number of imidazole rings is 1. The van der Waals surface area contributed by atoms with Crippen LogP contribution in [0.1, 0.15) is 58.2 Å². The van der Waals surface area contributed by atoms with Crippen molar-refractivity contribution >= 4 is 28.0 Å². The van der Waals surface area contributed by atoms with E-state index < -0.39 is 5.97 Å². The largest absolute Gasteiger partial charge is 0.478 e. The Kier molecular flexibility index (Phi) is 7.27. The highest BCUT2D eigenvalue weighted by Gasteiger charge is 2.26. The zero-order chi connectivity index (χ0) is 29.3. The van der Waals surface area contributed by atoms with Gasteiger partial charge in [0.25, 0.3) is 0 Å². The molecule has 0 bridgehead atoms. The van der Waals surface area contributed by atoms with Crippen LogP contribution in [0.3, 0.4) is 0 Å². The fraction of sp³-hybridized carbons (Fsp3) is 0.333. The van der Waals surface area contributed by atoms with Crippen LogP contribution in [0.2, 0.25) is 0 Å². The molecule has 7 rings (SSSR count). The summed E-state index contributed by atoms with van der Waals surface area (Å²) >= 11 is 0. The number of nitrogens with zero attached hydrogens (tertiary/aromatic N) is 5. The summed E-state index contributed by atoms with van der Waals surface area (Å²) in [6.45, 7) is 4.25. The first kappa shape index (κ1) is 27.1. The van der Waals surface area contributed by atoms with Crippen LogP contribution in [-0.4, -0.2) is 56.3 Å². The standard InChI is InChI=1S/C33H31N5O5/c34-17-23-4-5-24(32-26(23)11-15-42-32)20-43-31-3-1-2-27(36-31)21-8-12-37(13-9-21)19-30-35-28-7-6-22(33(39)40)16-29(28)38(30)18-25-10-14-41-25/h1-7,11,15-16,21,25H,8-10,12-14,18-20H2,(H,39,40)/t25-/m0/s1. The van der Waals surface area contributed by atoms with Gasteiger partial charge in [-0.25, -0.2) is 14.8 Å². The van der Waals surface area contributed by atoms with E-state index in [9.17, 15) is 15.2 Å². The second-order valence-electron chi connectivity index (χ2n) is 11.2. The van der Waals surface area contributed by atoms with Crippen molar-refractivity contribution in [2.75, 3.05) is 19.7 Å². The summed E-state index contributed by atoms with van der Waals surface area (Å²) < 4.78 is 19.5. The van der Waals surface area contributed by atoms with E-state index in [-0.39, 0.29) is 11.7 Å². The molecular weight excluding hydrogens is 546 g/mol. The number of hydrogen-bond acceptors (Lipinski definition) is 8. The lowest BCUT2D eigenvalue weighted by Gasteiger charge is -2.32. The number of pyridine rings is 1. The van der Waals surface area contributed by atoms with Crippen molar-refractivity contribution < 1.29 is 23.8 Å². The molecule has 2 aromatic carbocycles. The molecule has 2 aliphatic heterocycles. The summed E-state index contributed by atoms with van der Waals surface area (Å²) in [6.07, 6.45) is 4.66. The first-order valence-electron chi connectivity index (χ1n) is 14.6. The zero-order valence-corrected chi connectivity index (χ0v) is 23.6. The Balaban J connectivity index is 1.01. The fourth-order valence-corrected chi connectivity index (χ4v) is 6.07. The number of rotatable bonds is 9. The molecule has 0 unspecified atom stereocenters. The number of likely N-dealkylation sites (tertiary alicyclic amines) is 1. The van der Waals surface area contributed by atoms with E-state index in [0.717, 1.165) is 72.5 Å². The maximum atomic E-state index is 11.6. The number of nitriles is 1. The van der Waals surface area contributed by atoms with Crippen LogP contribution >= 0.6 is 0 Å². The molecule has 2 saturated heterocycles. The molecule has 0 spiro atoms. The molecule has 10 nitrogen and oxygen atoms in total. The highest BCUT2D eigenvalue weighted by atomic mass is 16.5. The van der Waals surface area contributed by atoms with Gasteiger partial charge in [-0.2, -0.15) is 5.26 Å². The first-order chi connectivity index (χ1) is 21.1. The smallest absolute Gasteiger partial charge is 0.335 e. The number of carbonyl (C=O) groups is 1. The van der Waals surface area contributed by atoms with E-state index in [1.807, 2.05) is 18.2 Å². The summed E-state index contributed by atoms with van der Waals surface area (Å²) in [5.74, 6) is 0.891. The summed E-state index contributed by atoms with van der Waals surface area (Å²) in [6, 6.07) is 18.7. The lowest BCUT2D eigenvalue weighted by Crippen LogP contribution is -2.35. The molecule has 2 aliphatic rings. The topological polar surface area (TPSA) is 127 Å². The van der Waals surface area contributed by atoms with Crippen molar-refractivity contribution in [1.82, 2.24) is 19.4 Å². The number of carboxylic acids is 1. The van der Waals surface area contributed by atoms with Crippen LogP contribution in [0.5, 0.6) is 5.88 Å². The molecule has 218 valence electrons. The normalized spacial score (nSPS) is 17.6. The highest BCUT2D eigenvalue weighted by Crippen LogP contribution is 2.30. The number of furan rings is 1. The number of piperidine rings is 1. The van der Waals surface area contributed by atoms with Crippen LogP contribution in [0.4, 0.5) is 0 Å². The minimum absolute atomic E-state index is 0.137. The number of aromatic nitrogens is 3. The van der Waals surface area contributed by atoms with Gasteiger partial charge in [-0.15, -0.1) is 0 Å². The Morgan fingerprint density at radius 2 is 1.95 bits per heavy atom. The monoisotopic (exact) mass is 577 g/mol. The number of fused-ring (bicyclic) bond motifs is 2. The van der Waals surface area contributed by atoms with E-state index >= 15 is 0 Å². The highest BCUT2D eigenvalue weighted by molar-refractivity contribution is 5.92. The third-order valence-electron chi connectivity index (χ3n) is 8.56. The fourth-order valence-electron chi connectivity index (χ4n) is 6.07. The van der Waals surface area contributed by atoms with E-state index in [4.69, 9.17) is 23.9 Å². The second-order valence-corrected chi connectivity index (χ2v) is 11.2. The summed E-state index contributed by atoms with van der Waals surface area (Å²) in [5.41, 5.74) is 5.05. The molecule has 10 heteroatoms. The average molecular weight is 578 g/mol. The van der Waals surface area contributed by atoms with E-state index in [0.29, 0.717) is 42.6 Å². The molecule has 1 atom stereocenters. The van der Waals surface area contributed by atoms with E-state index in [2.05, 4.69) is 21.6 Å². The van der Waals surface area contributed by atoms with Gasteiger partial charge in [-0.3, -0.25) is 4.90 Å². The van der Waals surface area contributed by atoms with Gasteiger partial charge in [0.15, 0.2) is 0 Å². The Morgan fingerprint density at radius 3 is 2.72 bits per heavy atom. The molecular formula is C33H31N5O5. The Hall–Kier alpha value is -4.72. The molecule has 3 aromatic heterocycles. The van der Waals surface area contributed by atoms with Crippen LogP contribution in [0, 0.1) is 11.3 Å². The predicted octanol–water partition coefficient (Wildman–Crippen LogP) is 5.49. The van der Waals surface area contributed by atoms with Crippen LogP contribution < -0.4 is 4.74 Å². The van der Waals surface area contributed by atoms with Gasteiger partial charge in [0.05, 0.1) is 53.7 Å². The lowest BCUT2D eigenvalue weighted by molar-refractivity contribution is -0.0592. The van der Waals surface area contributed by atoms with Gasteiger partial charge in [0.2, 0.25) is 5.88 Å². The van der Waals surface area contributed by atoms with Crippen molar-refractivity contribution in [3.05, 3.63) is 89.1 Å². The van der Waals surface area contributed by atoms with Gasteiger partial charge in [0.1, 0.15) is 18.0 Å². The summed E-state index contributed by atoms with van der Waals surface area (Å²) in [4.78, 5) is 23.8. The maximum Gasteiger partial charge on any atom is 0.335 e. The molecule has 43 heavy (non-hydrogen) atoms. The Bertz CT molecular complexity index is 1840. The van der Waals surface area contributed by atoms with Gasteiger partial charge < -0.3 is 23.6 Å². The van der Waals surface area contributed by atoms with Crippen LogP contribution in [-0.2, 0) is 24.4 Å². The molecule has 0 saturated carbocycles. The molecule has 0 aliphatic carbocycles. The number of hydrogen-bond donors (Lipinski definition) is 1. The van der Waals surface area contributed by atoms with Gasteiger partial charge in [-0.05, 0) is 68.8 Å². The first-order valence-corrected chi connectivity index (χ1v) is 14.6. The average Bonchev–Trinajstić information content (AvgIpc) is 3.63. The van der Waals surface area contributed by atoms with Gasteiger partial charge >= 0.3 is 5.97 Å². The zero-order valence-electron chi connectivity index (χ0n) is 23.6. The minimum Gasteiger partial charge on any atom is -0.478 e. The SMILES string of the molecule is N#Cc1ccc(COc2cccc(C3CCN(Cc4nc5ccc(C(=O)O)cc5n4C[C@@H]4CCO4)CC3)n2)c2occc12. The quantitative estimate of drug-likeness (QED) is 0.242. The van der Waals surface area contributed by atoms with Crippen molar-refractivity contribution in [1.29, 1.82) is 5.26 Å². The van der Waals surface area contributed by atoms with E-state index in [1.165, 1.54) is 0 Å². The predicted molar refractivity (Wildman–Crippen MR) is 158 cm³/mol. The Labute approximate surface area is 248 Å². The van der Waals surface area contributed by atoms with Gasteiger partial charge in [-0.1, -0.05) is 12.1 Å². The van der Waals surface area contributed by atoms with Crippen molar-refractivity contribution in [3.63, 3.8) is 0 Å². The molecule has 0 amide bonds. The van der Waals surface area contributed by atoms with Crippen LogP contribution in [0.15, 0.2) is 65.3 Å². The van der Waals surface area contributed by atoms with Gasteiger partial charge in [0, 0.05) is 35.2 Å². The second kappa shape index (κ2) is 11.5. The summed E-state index contributed by atoms with van der Waals surface area (Å²) in [7, 11) is 0. The summed E-state index contributed by atoms with van der Waals surface area (Å²) in [5, 5.41) is 19.7.